The molecule has 1 N–H and O–H groups in total. The van der Waals surface area contributed by atoms with Gasteiger partial charge in [0.2, 0.25) is 5.91 Å². The van der Waals surface area contributed by atoms with Crippen LogP contribution in [0.2, 0.25) is 0 Å². The molecule has 0 aliphatic carbocycles. The molecular formula is C22H23NO6. The van der Waals surface area contributed by atoms with Crippen LogP contribution < -0.4 is 14.8 Å². The standard InChI is InChI=1S/C22H23NO6/c1-5-6-16-11-17(12-20(27-3)21(16)28-4)22(26)29-13-19(25)15-7-9-18(10-8-15)23-14(2)24/h5,7-12H,1,6,13H2,2-4H3,(H,23,24). The molecule has 7 nitrogen and oxygen atoms in total. The van der Waals surface area contributed by atoms with Crippen molar-refractivity contribution >= 4 is 23.3 Å². The van der Waals surface area contributed by atoms with Crippen LogP contribution in [0.25, 0.3) is 0 Å². The highest BCUT2D eigenvalue weighted by atomic mass is 16.5. The van der Waals surface area contributed by atoms with Crippen molar-refractivity contribution in [1.82, 2.24) is 0 Å². The predicted octanol–water partition coefficient (Wildman–Crippen LogP) is 3.43. The molecule has 0 aliphatic rings. The summed E-state index contributed by atoms with van der Waals surface area (Å²) in [4.78, 5) is 35.8. The highest BCUT2D eigenvalue weighted by Crippen LogP contribution is 2.33. The van der Waals surface area contributed by atoms with Crippen molar-refractivity contribution in [3.05, 3.63) is 65.7 Å². The zero-order chi connectivity index (χ0) is 21.4. The van der Waals surface area contributed by atoms with Gasteiger partial charge in [-0.2, -0.15) is 0 Å². The van der Waals surface area contributed by atoms with E-state index in [2.05, 4.69) is 11.9 Å². The lowest BCUT2D eigenvalue weighted by atomic mass is 10.1. The first-order valence-electron chi connectivity index (χ1n) is 8.83. The summed E-state index contributed by atoms with van der Waals surface area (Å²) in [7, 11) is 2.98. The first-order chi connectivity index (χ1) is 13.9. The number of Topliss-reactive ketones (excluding diaryl/α,β-unsaturated/α-hetero) is 1. The number of benzene rings is 2. The quantitative estimate of drug-likeness (QED) is 0.396. The number of amides is 1. The molecule has 0 bridgehead atoms. The molecule has 0 atom stereocenters. The van der Waals surface area contributed by atoms with Crippen LogP contribution in [-0.4, -0.2) is 38.5 Å². The van der Waals surface area contributed by atoms with Crippen molar-refractivity contribution in [3.8, 4) is 11.5 Å². The van der Waals surface area contributed by atoms with Gasteiger partial charge in [-0.3, -0.25) is 9.59 Å². The van der Waals surface area contributed by atoms with Crippen molar-refractivity contribution in [2.24, 2.45) is 0 Å². The second-order valence-corrected chi connectivity index (χ2v) is 6.12. The number of ether oxygens (including phenoxy) is 3. The van der Waals surface area contributed by atoms with Crippen LogP contribution in [0.15, 0.2) is 49.1 Å². The Morgan fingerprint density at radius 3 is 2.28 bits per heavy atom. The Bertz CT molecular complexity index is 918. The maximum Gasteiger partial charge on any atom is 0.338 e. The van der Waals surface area contributed by atoms with E-state index in [1.54, 1.807) is 36.4 Å². The molecule has 2 aromatic rings. The van der Waals surface area contributed by atoms with Gasteiger partial charge in [0.05, 0.1) is 19.8 Å². The number of carbonyl (C=O) groups excluding carboxylic acids is 3. The molecule has 0 aliphatic heterocycles. The number of hydrogen-bond acceptors (Lipinski definition) is 6. The zero-order valence-corrected chi connectivity index (χ0v) is 16.6. The summed E-state index contributed by atoms with van der Waals surface area (Å²) in [6.45, 7) is 4.68. The highest BCUT2D eigenvalue weighted by molar-refractivity contribution is 6.00. The van der Waals surface area contributed by atoms with E-state index in [9.17, 15) is 14.4 Å². The molecule has 7 heteroatoms. The van der Waals surface area contributed by atoms with E-state index in [-0.39, 0.29) is 17.3 Å². The first kappa shape index (κ1) is 21.7. The zero-order valence-electron chi connectivity index (χ0n) is 16.6. The van der Waals surface area contributed by atoms with Gasteiger partial charge in [0.15, 0.2) is 23.9 Å². The maximum atomic E-state index is 12.4. The molecule has 1 amide bonds. The number of hydrogen-bond donors (Lipinski definition) is 1. The van der Waals surface area contributed by atoms with Crippen molar-refractivity contribution in [2.45, 2.75) is 13.3 Å². The number of nitrogens with one attached hydrogen (secondary N) is 1. The lowest BCUT2D eigenvalue weighted by Gasteiger charge is -2.14. The van der Waals surface area contributed by atoms with Crippen LogP contribution >= 0.6 is 0 Å². The molecule has 0 spiro atoms. The lowest BCUT2D eigenvalue weighted by Crippen LogP contribution is -2.15. The van der Waals surface area contributed by atoms with E-state index in [0.29, 0.717) is 34.7 Å². The number of methoxy groups -OCH3 is 2. The third-order valence-corrected chi connectivity index (χ3v) is 4.02. The van der Waals surface area contributed by atoms with Gasteiger partial charge in [-0.15, -0.1) is 6.58 Å². The van der Waals surface area contributed by atoms with E-state index in [1.807, 2.05) is 0 Å². The number of rotatable bonds is 9. The monoisotopic (exact) mass is 397 g/mol. The van der Waals surface area contributed by atoms with Crippen molar-refractivity contribution in [1.29, 1.82) is 0 Å². The summed E-state index contributed by atoms with van der Waals surface area (Å²) in [5.74, 6) is -0.319. The number of allylic oxidation sites excluding steroid dienone is 1. The Labute approximate surface area is 169 Å². The topological polar surface area (TPSA) is 90.9 Å². The van der Waals surface area contributed by atoms with Crippen LogP contribution in [0, 0.1) is 0 Å². The van der Waals surface area contributed by atoms with Crippen molar-refractivity contribution < 1.29 is 28.6 Å². The van der Waals surface area contributed by atoms with E-state index in [0.717, 1.165) is 0 Å². The Hall–Kier alpha value is -3.61. The Balaban J connectivity index is 2.10. The number of carbonyl (C=O) groups is 3. The van der Waals surface area contributed by atoms with Crippen LogP contribution in [0.1, 0.15) is 33.2 Å². The molecule has 0 fully saturated rings. The minimum Gasteiger partial charge on any atom is -0.493 e. The summed E-state index contributed by atoms with van der Waals surface area (Å²) >= 11 is 0. The number of ketones is 1. The molecule has 0 saturated heterocycles. The highest BCUT2D eigenvalue weighted by Gasteiger charge is 2.18. The molecule has 2 rings (SSSR count). The molecule has 0 heterocycles. The second-order valence-electron chi connectivity index (χ2n) is 6.12. The molecule has 0 aromatic heterocycles. The average Bonchev–Trinajstić information content (AvgIpc) is 2.71. The van der Waals surface area contributed by atoms with E-state index in [1.165, 1.54) is 27.2 Å². The summed E-state index contributed by atoms with van der Waals surface area (Å²) in [5, 5.41) is 2.61. The Morgan fingerprint density at radius 2 is 1.72 bits per heavy atom. The molecule has 29 heavy (non-hydrogen) atoms. The SMILES string of the molecule is C=CCc1cc(C(=O)OCC(=O)c2ccc(NC(C)=O)cc2)cc(OC)c1OC. The summed E-state index contributed by atoms with van der Waals surface area (Å²) < 4.78 is 15.8. The molecule has 0 radical (unpaired) electrons. The summed E-state index contributed by atoms with van der Waals surface area (Å²) in [5.41, 5.74) is 1.90. The smallest absolute Gasteiger partial charge is 0.338 e. The second kappa shape index (κ2) is 10.1. The van der Waals surface area contributed by atoms with Crippen molar-refractivity contribution in [3.63, 3.8) is 0 Å². The van der Waals surface area contributed by atoms with Gasteiger partial charge in [0.25, 0.3) is 0 Å². The van der Waals surface area contributed by atoms with Gasteiger partial charge in [0, 0.05) is 23.7 Å². The minimum atomic E-state index is -0.653. The van der Waals surface area contributed by atoms with Gasteiger partial charge < -0.3 is 19.5 Å². The van der Waals surface area contributed by atoms with Crippen LogP contribution in [0.3, 0.4) is 0 Å². The predicted molar refractivity (Wildman–Crippen MR) is 109 cm³/mol. The third kappa shape index (κ3) is 5.68. The molecule has 152 valence electrons. The Kier molecular flexibility index (Phi) is 7.54. The van der Waals surface area contributed by atoms with Gasteiger partial charge in [-0.05, 0) is 42.8 Å². The fraction of sp³-hybridized carbons (Fsp3) is 0.227. The third-order valence-electron chi connectivity index (χ3n) is 4.02. The molecular weight excluding hydrogens is 374 g/mol. The van der Waals surface area contributed by atoms with Crippen LogP contribution in [0.5, 0.6) is 11.5 Å². The van der Waals surface area contributed by atoms with Gasteiger partial charge >= 0.3 is 5.97 Å². The largest absolute Gasteiger partial charge is 0.493 e. The van der Waals surface area contributed by atoms with Gasteiger partial charge in [-0.1, -0.05) is 6.08 Å². The fourth-order valence-corrected chi connectivity index (χ4v) is 2.71. The van der Waals surface area contributed by atoms with E-state index >= 15 is 0 Å². The number of anilines is 1. The summed E-state index contributed by atoms with van der Waals surface area (Å²) in [6.07, 6.45) is 2.15. The Morgan fingerprint density at radius 1 is 1.03 bits per heavy atom. The number of esters is 1. The summed E-state index contributed by atoms with van der Waals surface area (Å²) in [6, 6.07) is 9.44. The lowest BCUT2D eigenvalue weighted by molar-refractivity contribution is -0.114. The first-order valence-corrected chi connectivity index (χ1v) is 8.83. The van der Waals surface area contributed by atoms with E-state index < -0.39 is 12.6 Å². The average molecular weight is 397 g/mol. The van der Waals surface area contributed by atoms with Crippen molar-refractivity contribution in [2.75, 3.05) is 26.1 Å². The van der Waals surface area contributed by atoms with Crippen LogP contribution in [0.4, 0.5) is 5.69 Å². The normalized spacial score (nSPS) is 10.0. The van der Waals surface area contributed by atoms with Gasteiger partial charge in [0.1, 0.15) is 0 Å². The fourth-order valence-electron chi connectivity index (χ4n) is 2.71. The molecule has 0 saturated carbocycles. The minimum absolute atomic E-state index is 0.205. The van der Waals surface area contributed by atoms with Gasteiger partial charge in [-0.25, -0.2) is 4.79 Å². The van der Waals surface area contributed by atoms with Crippen LogP contribution in [-0.2, 0) is 16.0 Å². The van der Waals surface area contributed by atoms with E-state index in [4.69, 9.17) is 14.2 Å². The maximum absolute atomic E-state index is 12.4. The molecule has 0 unspecified atom stereocenters. The molecule has 2 aromatic carbocycles.